The van der Waals surface area contributed by atoms with Gasteiger partial charge in [0.1, 0.15) is 5.82 Å². The van der Waals surface area contributed by atoms with Crippen molar-refractivity contribution in [1.82, 2.24) is 9.97 Å². The zero-order chi connectivity index (χ0) is 12.3. The van der Waals surface area contributed by atoms with Crippen LogP contribution in [0.25, 0.3) is 0 Å². The van der Waals surface area contributed by atoms with E-state index in [0.29, 0.717) is 6.54 Å². The van der Waals surface area contributed by atoms with Gasteiger partial charge in [-0.1, -0.05) is 11.6 Å². The number of H-pyrrole nitrogens is 1. The number of hydrogen-bond acceptors (Lipinski definition) is 2. The maximum Gasteiger partial charge on any atom is 0.141 e. The van der Waals surface area contributed by atoms with Crippen molar-refractivity contribution in [3.63, 3.8) is 0 Å². The molecule has 0 saturated carbocycles. The number of aromatic nitrogens is 2. The highest BCUT2D eigenvalue weighted by molar-refractivity contribution is 6.31. The molecule has 1 aromatic carbocycles. The predicted octanol–water partition coefficient (Wildman–Crippen LogP) is 3.23. The second-order valence-corrected chi connectivity index (χ2v) is 4.10. The van der Waals surface area contributed by atoms with Gasteiger partial charge >= 0.3 is 0 Å². The highest BCUT2D eigenvalue weighted by Gasteiger charge is 2.08. The van der Waals surface area contributed by atoms with E-state index in [1.165, 1.54) is 6.07 Å². The summed E-state index contributed by atoms with van der Waals surface area (Å²) in [6.45, 7) is 3.53. The number of aromatic amines is 1. The molecule has 0 fully saturated rings. The molecule has 0 spiro atoms. The fourth-order valence-corrected chi connectivity index (χ4v) is 1.82. The number of anilines is 1. The number of benzene rings is 1. The largest absolute Gasteiger partial charge is 0.366 e. The van der Waals surface area contributed by atoms with Gasteiger partial charge in [-0.05, 0) is 25.1 Å². The van der Waals surface area contributed by atoms with Crippen molar-refractivity contribution in [3.8, 4) is 0 Å². The second kappa shape index (κ2) is 5.19. The average Bonchev–Trinajstić information content (AvgIpc) is 2.82. The molecule has 0 atom stereocenters. The van der Waals surface area contributed by atoms with E-state index in [2.05, 4.69) is 14.9 Å². The molecule has 1 aromatic heterocycles. The number of hydrogen-bond donors (Lipinski definition) is 1. The summed E-state index contributed by atoms with van der Waals surface area (Å²) < 4.78 is 13.1. The maximum atomic E-state index is 13.1. The lowest BCUT2D eigenvalue weighted by Gasteiger charge is -2.22. The number of nitrogens with one attached hydrogen (secondary N) is 1. The third-order valence-corrected chi connectivity index (χ3v) is 2.86. The quantitative estimate of drug-likeness (QED) is 0.907. The van der Waals surface area contributed by atoms with Gasteiger partial charge in [0.2, 0.25) is 0 Å². The Bertz CT molecular complexity index is 485. The van der Waals surface area contributed by atoms with E-state index in [1.807, 2.05) is 6.92 Å². The molecule has 3 nitrogen and oxygen atoms in total. The lowest BCUT2D eigenvalue weighted by atomic mass is 10.2. The first-order chi connectivity index (χ1) is 8.20. The van der Waals surface area contributed by atoms with Crippen LogP contribution < -0.4 is 4.90 Å². The van der Waals surface area contributed by atoms with Crippen LogP contribution in [0.4, 0.5) is 10.1 Å². The Kier molecular flexibility index (Phi) is 3.64. The number of nitrogens with zero attached hydrogens (tertiary/aromatic N) is 2. The molecular formula is C12H13ClFN3. The van der Waals surface area contributed by atoms with Gasteiger partial charge < -0.3 is 9.88 Å². The van der Waals surface area contributed by atoms with E-state index in [-0.39, 0.29) is 5.02 Å². The topological polar surface area (TPSA) is 31.9 Å². The van der Waals surface area contributed by atoms with Crippen LogP contribution in [0.2, 0.25) is 5.02 Å². The summed E-state index contributed by atoms with van der Waals surface area (Å²) in [5.41, 5.74) is 1.90. The summed E-state index contributed by atoms with van der Waals surface area (Å²) in [7, 11) is 0. The van der Waals surface area contributed by atoms with E-state index in [0.717, 1.165) is 17.9 Å². The van der Waals surface area contributed by atoms with E-state index in [1.54, 1.807) is 24.7 Å². The van der Waals surface area contributed by atoms with Crippen LogP contribution in [0.15, 0.2) is 30.7 Å². The van der Waals surface area contributed by atoms with Crippen LogP contribution in [0.3, 0.4) is 0 Å². The van der Waals surface area contributed by atoms with Crippen LogP contribution in [-0.4, -0.2) is 16.5 Å². The molecule has 5 heteroatoms. The summed E-state index contributed by atoms with van der Waals surface area (Å²) >= 11 is 5.77. The standard InChI is InChI=1S/C12H13ClFN3/c1-2-17(7-9-6-15-8-16-9)10-3-4-12(14)11(13)5-10/h3-6,8H,2,7H2,1H3,(H,15,16). The van der Waals surface area contributed by atoms with Gasteiger partial charge in [0.15, 0.2) is 0 Å². The summed E-state index contributed by atoms with van der Waals surface area (Å²) in [5.74, 6) is -0.395. The fraction of sp³-hybridized carbons (Fsp3) is 0.250. The molecule has 0 aliphatic rings. The van der Waals surface area contributed by atoms with Crippen molar-refractivity contribution in [2.45, 2.75) is 13.5 Å². The normalized spacial score (nSPS) is 10.5. The molecule has 17 heavy (non-hydrogen) atoms. The highest BCUT2D eigenvalue weighted by Crippen LogP contribution is 2.23. The SMILES string of the molecule is CCN(Cc1cnc[nH]1)c1ccc(F)c(Cl)c1. The van der Waals surface area contributed by atoms with E-state index in [9.17, 15) is 4.39 Å². The minimum atomic E-state index is -0.395. The Morgan fingerprint density at radius 1 is 1.47 bits per heavy atom. The van der Waals surface area contributed by atoms with Crippen LogP contribution in [0.1, 0.15) is 12.6 Å². The van der Waals surface area contributed by atoms with E-state index in [4.69, 9.17) is 11.6 Å². The zero-order valence-corrected chi connectivity index (χ0v) is 10.2. The Balaban J connectivity index is 2.20. The number of rotatable bonds is 4. The van der Waals surface area contributed by atoms with Gasteiger partial charge in [-0.3, -0.25) is 0 Å². The number of halogens is 2. The average molecular weight is 254 g/mol. The number of imidazole rings is 1. The van der Waals surface area contributed by atoms with Crippen LogP contribution >= 0.6 is 11.6 Å². The van der Waals surface area contributed by atoms with Gasteiger partial charge in [-0.15, -0.1) is 0 Å². The van der Waals surface area contributed by atoms with Crippen molar-refractivity contribution in [1.29, 1.82) is 0 Å². The maximum absolute atomic E-state index is 13.1. The molecule has 90 valence electrons. The molecule has 2 aromatic rings. The van der Waals surface area contributed by atoms with Crippen molar-refractivity contribution in [2.75, 3.05) is 11.4 Å². The molecule has 1 N–H and O–H groups in total. The molecule has 0 saturated heterocycles. The first-order valence-electron chi connectivity index (χ1n) is 5.38. The molecule has 2 rings (SSSR count). The molecular weight excluding hydrogens is 241 g/mol. The Morgan fingerprint density at radius 2 is 2.29 bits per heavy atom. The minimum Gasteiger partial charge on any atom is -0.366 e. The van der Waals surface area contributed by atoms with Gasteiger partial charge in [0.25, 0.3) is 0 Å². The van der Waals surface area contributed by atoms with Gasteiger partial charge in [0, 0.05) is 18.4 Å². The highest BCUT2D eigenvalue weighted by atomic mass is 35.5. The Morgan fingerprint density at radius 3 is 2.88 bits per heavy atom. The molecule has 1 heterocycles. The monoisotopic (exact) mass is 253 g/mol. The third kappa shape index (κ3) is 2.77. The smallest absolute Gasteiger partial charge is 0.141 e. The first kappa shape index (κ1) is 11.9. The van der Waals surface area contributed by atoms with Gasteiger partial charge in [-0.25, -0.2) is 9.37 Å². The van der Waals surface area contributed by atoms with Crippen molar-refractivity contribution < 1.29 is 4.39 Å². The van der Waals surface area contributed by atoms with Crippen molar-refractivity contribution >= 4 is 17.3 Å². The second-order valence-electron chi connectivity index (χ2n) is 3.69. The summed E-state index contributed by atoms with van der Waals surface area (Å²) in [4.78, 5) is 9.09. The predicted molar refractivity (Wildman–Crippen MR) is 66.7 cm³/mol. The van der Waals surface area contributed by atoms with Gasteiger partial charge in [-0.2, -0.15) is 0 Å². The minimum absolute atomic E-state index is 0.144. The van der Waals surface area contributed by atoms with Crippen LogP contribution in [-0.2, 0) is 6.54 Å². The van der Waals surface area contributed by atoms with Crippen molar-refractivity contribution in [2.24, 2.45) is 0 Å². The van der Waals surface area contributed by atoms with Crippen LogP contribution in [0, 0.1) is 5.82 Å². The molecule has 0 bridgehead atoms. The molecule has 0 amide bonds. The lowest BCUT2D eigenvalue weighted by molar-refractivity contribution is 0.628. The van der Waals surface area contributed by atoms with E-state index < -0.39 is 5.82 Å². The van der Waals surface area contributed by atoms with Crippen molar-refractivity contribution in [3.05, 3.63) is 47.3 Å². The third-order valence-electron chi connectivity index (χ3n) is 2.57. The first-order valence-corrected chi connectivity index (χ1v) is 5.75. The molecule has 0 radical (unpaired) electrons. The Hall–Kier alpha value is -1.55. The lowest BCUT2D eigenvalue weighted by Crippen LogP contribution is -2.22. The summed E-state index contributed by atoms with van der Waals surface area (Å²) in [5, 5.41) is 0.144. The summed E-state index contributed by atoms with van der Waals surface area (Å²) in [6.07, 6.45) is 3.41. The van der Waals surface area contributed by atoms with Gasteiger partial charge in [0.05, 0.1) is 23.6 Å². The van der Waals surface area contributed by atoms with E-state index >= 15 is 0 Å². The van der Waals surface area contributed by atoms with Crippen LogP contribution in [0.5, 0.6) is 0 Å². The summed E-state index contributed by atoms with van der Waals surface area (Å²) in [6, 6.07) is 4.74. The molecule has 0 aliphatic heterocycles. The molecule has 0 unspecified atom stereocenters. The fourth-order valence-electron chi connectivity index (χ4n) is 1.64. The Labute approximate surface area is 104 Å². The zero-order valence-electron chi connectivity index (χ0n) is 9.45. The molecule has 0 aliphatic carbocycles.